The van der Waals surface area contributed by atoms with Gasteiger partial charge in [0.2, 0.25) is 10.0 Å². The summed E-state index contributed by atoms with van der Waals surface area (Å²) < 4.78 is 30.8. The number of aromatic nitrogens is 2. The number of rotatable bonds is 5. The first-order valence-corrected chi connectivity index (χ1v) is 7.03. The number of hydrogen-bond donors (Lipinski definition) is 2. The highest BCUT2D eigenvalue weighted by Crippen LogP contribution is 2.08. The fourth-order valence-electron chi connectivity index (χ4n) is 1.27. The molecule has 0 aliphatic rings. The van der Waals surface area contributed by atoms with Crippen LogP contribution in [0.15, 0.2) is 40.1 Å². The van der Waals surface area contributed by atoms with Crippen molar-refractivity contribution in [2.45, 2.75) is 11.4 Å². The minimum Gasteiger partial charge on any atom is -0.388 e. The van der Waals surface area contributed by atoms with Gasteiger partial charge in [0, 0.05) is 12.3 Å². The van der Waals surface area contributed by atoms with E-state index in [-0.39, 0.29) is 16.4 Å². The Morgan fingerprint density at radius 2 is 2.21 bits per heavy atom. The van der Waals surface area contributed by atoms with E-state index in [0.717, 1.165) is 0 Å². The Balaban J connectivity index is 2.13. The van der Waals surface area contributed by atoms with Crippen LogP contribution in [0.2, 0.25) is 0 Å². The molecule has 0 atom stereocenters. The van der Waals surface area contributed by atoms with Crippen molar-refractivity contribution in [3.63, 3.8) is 0 Å². The van der Waals surface area contributed by atoms with Crippen molar-refractivity contribution in [2.75, 3.05) is 0 Å². The van der Waals surface area contributed by atoms with E-state index in [1.807, 2.05) is 0 Å². The number of sulfonamides is 1. The average Bonchev–Trinajstić information content (AvgIpc) is 2.90. The summed E-state index contributed by atoms with van der Waals surface area (Å²) in [6.45, 7) is 0.0376. The Bertz CT molecular complexity index is 665. The zero-order chi connectivity index (χ0) is 13.9. The van der Waals surface area contributed by atoms with E-state index in [2.05, 4.69) is 19.4 Å². The Kier molecular flexibility index (Phi) is 3.88. The fourth-order valence-corrected chi connectivity index (χ4v) is 2.33. The van der Waals surface area contributed by atoms with Crippen LogP contribution in [0.4, 0.5) is 0 Å². The van der Waals surface area contributed by atoms with Crippen molar-refractivity contribution < 1.29 is 12.9 Å². The molecule has 0 saturated carbocycles. The minimum absolute atomic E-state index is 0.0241. The van der Waals surface area contributed by atoms with Gasteiger partial charge in [-0.15, -0.1) is 0 Å². The van der Waals surface area contributed by atoms with E-state index in [1.165, 1.54) is 24.6 Å². The van der Waals surface area contributed by atoms with Crippen molar-refractivity contribution >= 4 is 27.2 Å². The van der Waals surface area contributed by atoms with Crippen LogP contribution < -0.4 is 10.5 Å². The molecule has 2 rings (SSSR count). The van der Waals surface area contributed by atoms with Crippen molar-refractivity contribution in [1.29, 1.82) is 0 Å². The molecule has 2 heterocycles. The van der Waals surface area contributed by atoms with Crippen molar-refractivity contribution in [2.24, 2.45) is 5.73 Å². The van der Waals surface area contributed by atoms with Crippen LogP contribution >= 0.6 is 12.2 Å². The predicted octanol–water partition coefficient (Wildman–Crippen LogP) is 0.182. The smallest absolute Gasteiger partial charge is 0.242 e. The van der Waals surface area contributed by atoms with Gasteiger partial charge in [-0.1, -0.05) is 17.4 Å². The Labute approximate surface area is 114 Å². The van der Waals surface area contributed by atoms with E-state index < -0.39 is 10.0 Å². The maximum Gasteiger partial charge on any atom is 0.242 e. The zero-order valence-corrected chi connectivity index (χ0v) is 11.2. The largest absolute Gasteiger partial charge is 0.388 e. The monoisotopic (exact) mass is 298 g/mol. The molecule has 0 amide bonds. The third kappa shape index (κ3) is 3.34. The second-order valence-electron chi connectivity index (χ2n) is 3.56. The first kappa shape index (κ1) is 13.6. The summed E-state index contributed by atoms with van der Waals surface area (Å²) in [5, 5.41) is 3.60. The average molecular weight is 298 g/mol. The number of pyridine rings is 1. The first-order chi connectivity index (χ1) is 8.99. The first-order valence-electron chi connectivity index (χ1n) is 5.14. The lowest BCUT2D eigenvalue weighted by atomic mass is 10.3. The van der Waals surface area contributed by atoms with Gasteiger partial charge in [0.25, 0.3) is 0 Å². The maximum atomic E-state index is 11.9. The molecular formula is C10H10N4O3S2. The van der Waals surface area contributed by atoms with Crippen LogP contribution in [0.25, 0.3) is 0 Å². The van der Waals surface area contributed by atoms with Crippen LogP contribution in [0.3, 0.4) is 0 Å². The quantitative estimate of drug-likeness (QED) is 0.757. The molecule has 0 saturated heterocycles. The number of nitrogens with zero attached hydrogens (tertiary/aromatic N) is 2. The van der Waals surface area contributed by atoms with Crippen LogP contribution in [0, 0.1) is 0 Å². The van der Waals surface area contributed by atoms with E-state index in [0.29, 0.717) is 11.4 Å². The van der Waals surface area contributed by atoms with Gasteiger partial charge in [-0.25, -0.2) is 13.1 Å². The molecule has 100 valence electrons. The summed E-state index contributed by atoms with van der Waals surface area (Å²) >= 11 is 4.74. The molecule has 0 radical (unpaired) electrons. The maximum absolute atomic E-state index is 11.9. The number of nitrogens with one attached hydrogen (secondary N) is 1. The van der Waals surface area contributed by atoms with Gasteiger partial charge in [0.1, 0.15) is 16.1 Å². The molecule has 0 unspecified atom stereocenters. The van der Waals surface area contributed by atoms with Crippen molar-refractivity contribution in [1.82, 2.24) is 14.9 Å². The number of thiocarbonyl (C=S) groups is 1. The zero-order valence-electron chi connectivity index (χ0n) is 9.61. The van der Waals surface area contributed by atoms with E-state index in [9.17, 15) is 8.42 Å². The van der Waals surface area contributed by atoms with Crippen LogP contribution in [0.1, 0.15) is 11.4 Å². The van der Waals surface area contributed by atoms with Crippen molar-refractivity contribution in [3.05, 3.63) is 42.0 Å². The second-order valence-corrected chi connectivity index (χ2v) is 5.77. The Morgan fingerprint density at radius 3 is 2.74 bits per heavy atom. The van der Waals surface area contributed by atoms with Gasteiger partial charge < -0.3 is 10.3 Å². The molecule has 2 aromatic heterocycles. The molecule has 9 heteroatoms. The Morgan fingerprint density at radius 1 is 1.42 bits per heavy atom. The lowest BCUT2D eigenvalue weighted by molar-refractivity contribution is 0.411. The van der Waals surface area contributed by atoms with Crippen molar-refractivity contribution in [3.8, 4) is 0 Å². The highest BCUT2D eigenvalue weighted by Gasteiger charge is 2.15. The summed E-state index contributed by atoms with van der Waals surface area (Å²) in [4.78, 5) is 4.00. The molecule has 3 N–H and O–H groups in total. The highest BCUT2D eigenvalue weighted by atomic mass is 32.2. The summed E-state index contributed by atoms with van der Waals surface area (Å²) in [6, 6.07) is 4.40. The van der Waals surface area contributed by atoms with Crippen LogP contribution in [-0.2, 0) is 16.6 Å². The van der Waals surface area contributed by atoms with E-state index in [4.69, 9.17) is 18.0 Å². The Hall–Kier alpha value is -1.84. The van der Waals surface area contributed by atoms with Gasteiger partial charge in [-0.3, -0.25) is 4.98 Å². The molecule has 0 aliphatic heterocycles. The number of hydrogen-bond acceptors (Lipinski definition) is 6. The van der Waals surface area contributed by atoms with E-state index in [1.54, 1.807) is 6.07 Å². The minimum atomic E-state index is -3.66. The molecule has 0 spiro atoms. The van der Waals surface area contributed by atoms with Gasteiger partial charge in [-0.05, 0) is 12.1 Å². The molecule has 7 nitrogen and oxygen atoms in total. The lowest BCUT2D eigenvalue weighted by Gasteiger charge is -2.05. The molecule has 0 fully saturated rings. The van der Waals surface area contributed by atoms with Gasteiger partial charge in [-0.2, -0.15) is 0 Å². The van der Waals surface area contributed by atoms with Gasteiger partial charge in [0.15, 0.2) is 0 Å². The summed E-state index contributed by atoms with van der Waals surface area (Å²) in [7, 11) is -3.66. The normalized spacial score (nSPS) is 11.4. The van der Waals surface area contributed by atoms with E-state index >= 15 is 0 Å². The molecule has 0 aliphatic carbocycles. The fraction of sp³-hybridized carbons (Fsp3) is 0.100. The van der Waals surface area contributed by atoms with Crippen LogP contribution in [-0.4, -0.2) is 23.5 Å². The lowest BCUT2D eigenvalue weighted by Crippen LogP contribution is -2.24. The van der Waals surface area contributed by atoms with Crippen LogP contribution in [0.5, 0.6) is 0 Å². The molecule has 2 aromatic rings. The van der Waals surface area contributed by atoms with Gasteiger partial charge in [0.05, 0.1) is 17.9 Å². The molecule has 0 bridgehead atoms. The second kappa shape index (κ2) is 5.43. The SMILES string of the molecule is NC(=S)c1ccc(S(=O)(=O)NCc2ccon2)cn1. The third-order valence-corrected chi connectivity index (χ3v) is 3.83. The summed E-state index contributed by atoms with van der Waals surface area (Å²) in [6.07, 6.45) is 2.56. The molecular weight excluding hydrogens is 288 g/mol. The summed E-state index contributed by atoms with van der Waals surface area (Å²) in [5.74, 6) is 0. The number of nitrogens with two attached hydrogens (primary N) is 1. The van der Waals surface area contributed by atoms with Gasteiger partial charge >= 0.3 is 0 Å². The summed E-state index contributed by atoms with van der Waals surface area (Å²) in [5.41, 5.74) is 6.23. The third-order valence-electron chi connectivity index (χ3n) is 2.23. The molecule has 19 heavy (non-hydrogen) atoms. The standard InChI is InChI=1S/C10H10N4O3S2/c11-10(18)9-2-1-8(6-12-9)19(15,16)13-5-7-3-4-17-14-7/h1-4,6,13H,5H2,(H2,11,18). The molecule has 0 aromatic carbocycles. The highest BCUT2D eigenvalue weighted by molar-refractivity contribution is 7.89. The predicted molar refractivity (Wildman–Crippen MR) is 70.7 cm³/mol. The topological polar surface area (TPSA) is 111 Å².